The Morgan fingerprint density at radius 1 is 1.22 bits per heavy atom. The molecule has 2 N–H and O–H groups in total. The van der Waals surface area contributed by atoms with Gasteiger partial charge in [-0.25, -0.2) is 4.98 Å². The molecule has 0 radical (unpaired) electrons. The number of anilines is 1. The van der Waals surface area contributed by atoms with Gasteiger partial charge in [0, 0.05) is 53.8 Å². The van der Waals surface area contributed by atoms with E-state index in [1.807, 2.05) is 43.0 Å². The highest BCUT2D eigenvalue weighted by Crippen LogP contribution is 2.21. The molecule has 1 aromatic carbocycles. The first-order chi connectivity index (χ1) is 11.2. The first-order valence-corrected chi connectivity index (χ1v) is 7.99. The van der Waals surface area contributed by atoms with Crippen LogP contribution in [0.3, 0.4) is 0 Å². The van der Waals surface area contributed by atoms with Crippen LogP contribution < -0.4 is 10.6 Å². The van der Waals surface area contributed by atoms with E-state index in [0.29, 0.717) is 5.11 Å². The number of nitrogens with one attached hydrogen (secondary N) is 2. The van der Waals surface area contributed by atoms with Gasteiger partial charge < -0.3 is 15.2 Å². The zero-order valence-corrected chi connectivity index (χ0v) is 13.8. The van der Waals surface area contributed by atoms with Gasteiger partial charge in [-0.3, -0.25) is 4.98 Å². The van der Waals surface area contributed by atoms with E-state index in [1.54, 1.807) is 6.20 Å². The highest BCUT2D eigenvalue weighted by Gasteiger charge is 2.03. The molecule has 0 atom stereocenters. The number of nitrogens with zero attached hydrogens (tertiary/aromatic N) is 3. The molecule has 2 heterocycles. The van der Waals surface area contributed by atoms with Crippen molar-refractivity contribution in [1.29, 1.82) is 0 Å². The molecular formula is C17H19N5S. The molecule has 0 spiro atoms. The SMILES string of the molecule is Cc1cncn1CCCNC(=S)Nc1cccc2cnccc12. The third-order valence-electron chi connectivity index (χ3n) is 3.71. The molecule has 0 saturated heterocycles. The van der Waals surface area contributed by atoms with Gasteiger partial charge in [-0.1, -0.05) is 12.1 Å². The van der Waals surface area contributed by atoms with E-state index in [9.17, 15) is 0 Å². The Labute approximate surface area is 140 Å². The minimum absolute atomic E-state index is 0.636. The van der Waals surface area contributed by atoms with Crippen LogP contribution in [0.1, 0.15) is 12.1 Å². The summed E-state index contributed by atoms with van der Waals surface area (Å²) in [5, 5.41) is 9.35. The lowest BCUT2D eigenvalue weighted by Gasteiger charge is -2.12. The molecule has 3 rings (SSSR count). The zero-order chi connectivity index (χ0) is 16.1. The average Bonchev–Trinajstić information content (AvgIpc) is 2.97. The number of rotatable bonds is 5. The molecule has 5 nitrogen and oxygen atoms in total. The van der Waals surface area contributed by atoms with Crippen LogP contribution in [-0.2, 0) is 6.54 Å². The van der Waals surface area contributed by atoms with Crippen molar-refractivity contribution in [2.24, 2.45) is 0 Å². The van der Waals surface area contributed by atoms with Crippen molar-refractivity contribution in [2.75, 3.05) is 11.9 Å². The minimum atomic E-state index is 0.636. The van der Waals surface area contributed by atoms with Crippen LogP contribution in [0, 0.1) is 6.92 Å². The Bertz CT molecular complexity index is 806. The van der Waals surface area contributed by atoms with Crippen LogP contribution in [0.2, 0.25) is 0 Å². The Morgan fingerprint density at radius 3 is 2.96 bits per heavy atom. The standard InChI is InChI=1S/C17H19N5S/c1-13-10-19-12-22(13)9-3-7-20-17(23)21-16-5-2-4-14-11-18-8-6-15(14)16/h2,4-6,8,10-12H,3,7,9H2,1H3,(H2,20,21,23). The largest absolute Gasteiger partial charge is 0.362 e. The number of fused-ring (bicyclic) bond motifs is 1. The van der Waals surface area contributed by atoms with E-state index in [0.717, 1.165) is 36.0 Å². The van der Waals surface area contributed by atoms with E-state index in [1.165, 1.54) is 5.69 Å². The number of thiocarbonyl (C=S) groups is 1. The average molecular weight is 325 g/mol. The van der Waals surface area contributed by atoms with Crippen molar-refractivity contribution >= 4 is 33.8 Å². The topological polar surface area (TPSA) is 54.8 Å². The van der Waals surface area contributed by atoms with Gasteiger partial charge in [0.15, 0.2) is 5.11 Å². The number of hydrogen-bond acceptors (Lipinski definition) is 3. The summed E-state index contributed by atoms with van der Waals surface area (Å²) < 4.78 is 2.13. The molecule has 0 bridgehead atoms. The maximum atomic E-state index is 5.38. The monoisotopic (exact) mass is 325 g/mol. The zero-order valence-electron chi connectivity index (χ0n) is 13.0. The van der Waals surface area contributed by atoms with Gasteiger partial charge in [0.25, 0.3) is 0 Å². The van der Waals surface area contributed by atoms with Crippen molar-refractivity contribution in [2.45, 2.75) is 19.9 Å². The summed E-state index contributed by atoms with van der Waals surface area (Å²) in [7, 11) is 0. The highest BCUT2D eigenvalue weighted by atomic mass is 32.1. The maximum Gasteiger partial charge on any atom is 0.170 e. The summed E-state index contributed by atoms with van der Waals surface area (Å²) in [6.45, 7) is 3.80. The molecule has 0 amide bonds. The predicted molar refractivity (Wildman–Crippen MR) is 97.5 cm³/mol. The van der Waals surface area contributed by atoms with Crippen molar-refractivity contribution in [3.63, 3.8) is 0 Å². The number of benzene rings is 1. The van der Waals surface area contributed by atoms with Crippen molar-refractivity contribution < 1.29 is 0 Å². The summed E-state index contributed by atoms with van der Waals surface area (Å²) in [6.07, 6.45) is 8.35. The molecule has 0 aliphatic heterocycles. The maximum absolute atomic E-state index is 5.38. The van der Waals surface area contributed by atoms with E-state index in [2.05, 4.69) is 32.1 Å². The third-order valence-corrected chi connectivity index (χ3v) is 3.96. The van der Waals surface area contributed by atoms with Gasteiger partial charge in [-0.2, -0.15) is 0 Å². The highest BCUT2D eigenvalue weighted by molar-refractivity contribution is 7.80. The van der Waals surface area contributed by atoms with Gasteiger partial charge in [0.2, 0.25) is 0 Å². The number of aromatic nitrogens is 3. The fraction of sp³-hybridized carbons (Fsp3) is 0.235. The summed E-state index contributed by atoms with van der Waals surface area (Å²) in [4.78, 5) is 8.26. The minimum Gasteiger partial charge on any atom is -0.362 e. The van der Waals surface area contributed by atoms with Crippen LogP contribution >= 0.6 is 12.2 Å². The lowest BCUT2D eigenvalue weighted by molar-refractivity contribution is 0.620. The van der Waals surface area contributed by atoms with Gasteiger partial charge in [-0.05, 0) is 37.7 Å². The second-order valence-corrected chi connectivity index (χ2v) is 5.77. The van der Waals surface area contributed by atoms with Crippen LogP contribution in [0.4, 0.5) is 5.69 Å². The number of pyridine rings is 1. The van der Waals surface area contributed by atoms with Crippen molar-refractivity contribution in [1.82, 2.24) is 19.9 Å². The summed E-state index contributed by atoms with van der Waals surface area (Å²) in [5.74, 6) is 0. The first kappa shape index (κ1) is 15.4. The lowest BCUT2D eigenvalue weighted by atomic mass is 10.1. The van der Waals surface area contributed by atoms with Crippen LogP contribution in [0.5, 0.6) is 0 Å². The Hall–Kier alpha value is -2.47. The number of imidazole rings is 1. The van der Waals surface area contributed by atoms with Crippen molar-refractivity contribution in [3.05, 3.63) is 54.9 Å². The molecule has 0 aliphatic rings. The fourth-order valence-electron chi connectivity index (χ4n) is 2.47. The second-order valence-electron chi connectivity index (χ2n) is 5.37. The van der Waals surface area contributed by atoms with Crippen molar-refractivity contribution in [3.8, 4) is 0 Å². The van der Waals surface area contributed by atoms with Gasteiger partial charge >= 0.3 is 0 Å². The molecule has 23 heavy (non-hydrogen) atoms. The van der Waals surface area contributed by atoms with Gasteiger partial charge in [0.1, 0.15) is 0 Å². The smallest absolute Gasteiger partial charge is 0.170 e. The fourth-order valence-corrected chi connectivity index (χ4v) is 2.68. The Kier molecular flexibility index (Phi) is 4.83. The van der Waals surface area contributed by atoms with Crippen LogP contribution in [0.25, 0.3) is 10.8 Å². The van der Waals surface area contributed by atoms with E-state index < -0.39 is 0 Å². The molecule has 0 unspecified atom stereocenters. The number of hydrogen-bond donors (Lipinski definition) is 2. The van der Waals surface area contributed by atoms with E-state index in [-0.39, 0.29) is 0 Å². The Balaban J connectivity index is 1.52. The first-order valence-electron chi connectivity index (χ1n) is 7.58. The van der Waals surface area contributed by atoms with Crippen LogP contribution in [0.15, 0.2) is 49.2 Å². The Morgan fingerprint density at radius 2 is 2.13 bits per heavy atom. The number of aryl methyl sites for hydroxylation is 2. The molecule has 0 fully saturated rings. The molecule has 3 aromatic rings. The molecule has 0 saturated carbocycles. The molecule has 118 valence electrons. The molecule has 2 aromatic heterocycles. The van der Waals surface area contributed by atoms with Gasteiger partial charge in [-0.15, -0.1) is 0 Å². The normalized spacial score (nSPS) is 10.7. The second kappa shape index (κ2) is 7.19. The summed E-state index contributed by atoms with van der Waals surface area (Å²) in [5.41, 5.74) is 2.17. The van der Waals surface area contributed by atoms with E-state index in [4.69, 9.17) is 12.2 Å². The van der Waals surface area contributed by atoms with E-state index >= 15 is 0 Å². The lowest BCUT2D eigenvalue weighted by Crippen LogP contribution is -2.29. The third kappa shape index (κ3) is 3.84. The van der Waals surface area contributed by atoms with Gasteiger partial charge in [0.05, 0.1) is 6.33 Å². The quantitative estimate of drug-likeness (QED) is 0.557. The molecular weight excluding hydrogens is 306 g/mol. The molecule has 0 aliphatic carbocycles. The molecule has 6 heteroatoms. The summed E-state index contributed by atoms with van der Waals surface area (Å²) in [6, 6.07) is 8.04. The van der Waals surface area contributed by atoms with Crippen LogP contribution in [-0.4, -0.2) is 26.2 Å². The predicted octanol–water partition coefficient (Wildman–Crippen LogP) is 3.12. The summed E-state index contributed by atoms with van der Waals surface area (Å²) >= 11 is 5.38.